The van der Waals surface area contributed by atoms with Gasteiger partial charge in [0.25, 0.3) is 0 Å². The van der Waals surface area contributed by atoms with Crippen LogP contribution in [0, 0.1) is 0 Å². The third kappa shape index (κ3) is 1.92. The summed E-state index contributed by atoms with van der Waals surface area (Å²) >= 11 is 0. The van der Waals surface area contributed by atoms with Crippen molar-refractivity contribution in [2.24, 2.45) is 0 Å². The zero-order valence-electron chi connectivity index (χ0n) is 9.16. The quantitative estimate of drug-likeness (QED) is 0.782. The summed E-state index contributed by atoms with van der Waals surface area (Å²) in [5.74, 6) is 0.834. The van der Waals surface area contributed by atoms with E-state index in [1.165, 1.54) is 0 Å². The molecule has 1 heterocycles. The molecule has 2 atom stereocenters. The molecule has 82 valence electrons. The van der Waals surface area contributed by atoms with Crippen molar-refractivity contribution in [2.45, 2.75) is 32.4 Å². The van der Waals surface area contributed by atoms with Crippen molar-refractivity contribution in [3.63, 3.8) is 0 Å². The van der Waals surface area contributed by atoms with Crippen molar-refractivity contribution in [1.82, 2.24) is 0 Å². The average Bonchev–Trinajstić information content (AvgIpc) is 2.19. The van der Waals surface area contributed by atoms with Crippen LogP contribution in [0.25, 0.3) is 0 Å². The van der Waals surface area contributed by atoms with E-state index in [0.29, 0.717) is 6.61 Å². The number of anilines is 1. The van der Waals surface area contributed by atoms with E-state index in [1.807, 2.05) is 25.1 Å². The van der Waals surface area contributed by atoms with Crippen LogP contribution in [0.5, 0.6) is 5.75 Å². The van der Waals surface area contributed by atoms with Crippen LogP contribution in [0.1, 0.15) is 31.9 Å². The van der Waals surface area contributed by atoms with Gasteiger partial charge in [0.2, 0.25) is 0 Å². The number of ether oxygens (including phenoxy) is 1. The second-order valence-electron chi connectivity index (χ2n) is 3.95. The smallest absolute Gasteiger partial charge is 0.142 e. The van der Waals surface area contributed by atoms with Gasteiger partial charge < -0.3 is 15.2 Å². The number of nitrogens with one attached hydrogen (secondary N) is 1. The van der Waals surface area contributed by atoms with Crippen LogP contribution in [0.4, 0.5) is 5.69 Å². The molecule has 1 aliphatic heterocycles. The number of benzene rings is 1. The molecule has 3 nitrogen and oxygen atoms in total. The number of rotatable bonds is 2. The molecule has 0 radical (unpaired) electrons. The van der Waals surface area contributed by atoms with Crippen molar-refractivity contribution >= 4 is 5.69 Å². The molecule has 0 amide bonds. The summed E-state index contributed by atoms with van der Waals surface area (Å²) in [7, 11) is 0. The SMILES string of the molecule is CCOc1cccc2c1NC(C)CC2O. The zero-order valence-corrected chi connectivity index (χ0v) is 9.16. The fourth-order valence-corrected chi connectivity index (χ4v) is 2.02. The normalized spacial score (nSPS) is 24.2. The number of fused-ring (bicyclic) bond motifs is 1. The Morgan fingerprint density at radius 2 is 2.33 bits per heavy atom. The molecular formula is C12H17NO2. The lowest BCUT2D eigenvalue weighted by Gasteiger charge is -2.29. The van der Waals surface area contributed by atoms with Crippen molar-refractivity contribution in [1.29, 1.82) is 0 Å². The van der Waals surface area contributed by atoms with E-state index in [4.69, 9.17) is 4.74 Å². The van der Waals surface area contributed by atoms with Gasteiger partial charge >= 0.3 is 0 Å². The van der Waals surface area contributed by atoms with Gasteiger partial charge in [-0.2, -0.15) is 0 Å². The van der Waals surface area contributed by atoms with Gasteiger partial charge in [-0.25, -0.2) is 0 Å². The topological polar surface area (TPSA) is 41.5 Å². The Balaban J connectivity index is 2.40. The fourth-order valence-electron chi connectivity index (χ4n) is 2.02. The molecular weight excluding hydrogens is 190 g/mol. The lowest BCUT2D eigenvalue weighted by atomic mass is 9.95. The summed E-state index contributed by atoms with van der Waals surface area (Å²) in [5, 5.41) is 13.3. The Kier molecular flexibility index (Phi) is 2.82. The molecule has 0 fully saturated rings. The van der Waals surface area contributed by atoms with Crippen LogP contribution in [-0.4, -0.2) is 17.8 Å². The molecule has 1 aliphatic rings. The van der Waals surface area contributed by atoms with Gasteiger partial charge in [0.15, 0.2) is 0 Å². The monoisotopic (exact) mass is 207 g/mol. The first-order valence-corrected chi connectivity index (χ1v) is 5.42. The summed E-state index contributed by atoms with van der Waals surface area (Å²) in [6.07, 6.45) is 0.374. The number of hydrogen-bond donors (Lipinski definition) is 2. The average molecular weight is 207 g/mol. The van der Waals surface area contributed by atoms with Crippen LogP contribution in [0.15, 0.2) is 18.2 Å². The first-order valence-electron chi connectivity index (χ1n) is 5.42. The molecule has 0 spiro atoms. The summed E-state index contributed by atoms with van der Waals surface area (Å²) in [5.41, 5.74) is 1.89. The molecule has 0 aromatic heterocycles. The first-order chi connectivity index (χ1) is 7.22. The van der Waals surface area contributed by atoms with E-state index in [2.05, 4.69) is 12.2 Å². The molecule has 15 heavy (non-hydrogen) atoms. The van der Waals surface area contributed by atoms with Crippen LogP contribution in [0.2, 0.25) is 0 Å². The molecule has 2 rings (SSSR count). The highest BCUT2D eigenvalue weighted by atomic mass is 16.5. The molecule has 2 unspecified atom stereocenters. The van der Waals surface area contributed by atoms with E-state index in [0.717, 1.165) is 23.4 Å². The molecule has 1 aromatic rings. The molecule has 2 N–H and O–H groups in total. The Morgan fingerprint density at radius 3 is 3.07 bits per heavy atom. The summed E-state index contributed by atoms with van der Waals surface area (Å²) in [6, 6.07) is 6.08. The molecule has 0 saturated carbocycles. The van der Waals surface area contributed by atoms with Crippen molar-refractivity contribution in [3.8, 4) is 5.75 Å². The Labute approximate surface area is 90.1 Å². The van der Waals surface area contributed by atoms with Gasteiger partial charge in [-0.3, -0.25) is 0 Å². The summed E-state index contributed by atoms with van der Waals surface area (Å²) in [6.45, 7) is 4.67. The maximum atomic E-state index is 9.93. The van der Waals surface area contributed by atoms with Gasteiger partial charge in [-0.15, -0.1) is 0 Å². The first kappa shape index (κ1) is 10.3. The van der Waals surface area contributed by atoms with Crippen molar-refractivity contribution < 1.29 is 9.84 Å². The van der Waals surface area contributed by atoms with Gasteiger partial charge in [-0.05, 0) is 26.3 Å². The Morgan fingerprint density at radius 1 is 1.53 bits per heavy atom. The van der Waals surface area contributed by atoms with Crippen molar-refractivity contribution in [3.05, 3.63) is 23.8 Å². The molecule has 0 bridgehead atoms. The zero-order chi connectivity index (χ0) is 10.8. The highest BCUT2D eigenvalue weighted by Crippen LogP contribution is 2.38. The van der Waals surface area contributed by atoms with Gasteiger partial charge in [0.1, 0.15) is 5.75 Å². The molecule has 0 saturated heterocycles. The van der Waals surface area contributed by atoms with E-state index in [9.17, 15) is 5.11 Å². The van der Waals surface area contributed by atoms with Crippen molar-refractivity contribution in [2.75, 3.05) is 11.9 Å². The number of para-hydroxylation sites is 1. The van der Waals surface area contributed by atoms with Crippen LogP contribution in [-0.2, 0) is 0 Å². The number of aliphatic hydroxyl groups is 1. The minimum atomic E-state index is -0.378. The van der Waals surface area contributed by atoms with Crippen LogP contribution < -0.4 is 10.1 Å². The van der Waals surface area contributed by atoms with E-state index in [1.54, 1.807) is 0 Å². The fraction of sp³-hybridized carbons (Fsp3) is 0.500. The summed E-state index contributed by atoms with van der Waals surface area (Å²) < 4.78 is 5.53. The van der Waals surface area contributed by atoms with E-state index < -0.39 is 0 Å². The van der Waals surface area contributed by atoms with E-state index >= 15 is 0 Å². The lowest BCUT2D eigenvalue weighted by molar-refractivity contribution is 0.157. The standard InChI is InChI=1S/C12H17NO2/c1-3-15-11-6-4-5-9-10(14)7-8(2)13-12(9)11/h4-6,8,10,13-14H,3,7H2,1-2H3. The molecule has 1 aromatic carbocycles. The Hall–Kier alpha value is -1.22. The number of aliphatic hydroxyl groups excluding tert-OH is 1. The minimum absolute atomic E-state index is 0.286. The lowest BCUT2D eigenvalue weighted by Crippen LogP contribution is -2.25. The molecule has 0 aliphatic carbocycles. The third-order valence-corrected chi connectivity index (χ3v) is 2.68. The van der Waals surface area contributed by atoms with Gasteiger partial charge in [0.05, 0.1) is 18.4 Å². The van der Waals surface area contributed by atoms with E-state index in [-0.39, 0.29) is 12.1 Å². The predicted molar refractivity (Wildman–Crippen MR) is 60.3 cm³/mol. The van der Waals surface area contributed by atoms with Gasteiger partial charge in [-0.1, -0.05) is 12.1 Å². The maximum absolute atomic E-state index is 9.93. The van der Waals surface area contributed by atoms with Gasteiger partial charge in [0, 0.05) is 11.6 Å². The summed E-state index contributed by atoms with van der Waals surface area (Å²) in [4.78, 5) is 0. The number of hydrogen-bond acceptors (Lipinski definition) is 3. The third-order valence-electron chi connectivity index (χ3n) is 2.68. The second kappa shape index (κ2) is 4.11. The highest BCUT2D eigenvalue weighted by Gasteiger charge is 2.24. The predicted octanol–water partition coefficient (Wildman–Crippen LogP) is 2.32. The highest BCUT2D eigenvalue weighted by molar-refractivity contribution is 5.64. The van der Waals surface area contributed by atoms with Crippen LogP contribution >= 0.6 is 0 Å². The largest absolute Gasteiger partial charge is 0.492 e. The minimum Gasteiger partial charge on any atom is -0.492 e. The molecule has 3 heteroatoms. The Bertz CT molecular complexity index is 351. The maximum Gasteiger partial charge on any atom is 0.142 e. The van der Waals surface area contributed by atoms with Crippen LogP contribution in [0.3, 0.4) is 0 Å². The second-order valence-corrected chi connectivity index (χ2v) is 3.95.